The molecule has 2 aromatic rings. The molecule has 0 aliphatic heterocycles. The van der Waals surface area contributed by atoms with Crippen molar-refractivity contribution in [2.45, 2.75) is 6.92 Å². The highest BCUT2D eigenvalue weighted by molar-refractivity contribution is 5.75. The van der Waals surface area contributed by atoms with Gasteiger partial charge in [-0.15, -0.1) is 0 Å². The SMILES string of the molecule is C=C(C)c1nc2c(F)cccc2o1. The van der Waals surface area contributed by atoms with E-state index in [0.717, 1.165) is 0 Å². The minimum atomic E-state index is -0.367. The molecule has 0 saturated heterocycles. The molecule has 0 bridgehead atoms. The van der Waals surface area contributed by atoms with Gasteiger partial charge in [-0.3, -0.25) is 0 Å². The van der Waals surface area contributed by atoms with Crippen LogP contribution in [0.15, 0.2) is 29.2 Å². The molecule has 0 fully saturated rings. The minimum absolute atomic E-state index is 0.264. The van der Waals surface area contributed by atoms with E-state index in [-0.39, 0.29) is 11.3 Å². The number of oxazole rings is 1. The standard InChI is InChI=1S/C10H8FNO/c1-6(2)10-12-9-7(11)4-3-5-8(9)13-10/h3-5H,1H2,2H3. The lowest BCUT2D eigenvalue weighted by Crippen LogP contribution is -1.77. The number of nitrogens with zero attached hydrogens (tertiary/aromatic N) is 1. The summed E-state index contributed by atoms with van der Waals surface area (Å²) >= 11 is 0. The van der Waals surface area contributed by atoms with Gasteiger partial charge in [0, 0.05) is 5.57 Å². The van der Waals surface area contributed by atoms with Crippen LogP contribution in [0, 0.1) is 5.82 Å². The van der Waals surface area contributed by atoms with Gasteiger partial charge in [0.05, 0.1) is 0 Å². The fraction of sp³-hybridized carbons (Fsp3) is 0.100. The van der Waals surface area contributed by atoms with Gasteiger partial charge in [0.15, 0.2) is 11.4 Å². The third-order valence-electron chi connectivity index (χ3n) is 1.73. The summed E-state index contributed by atoms with van der Waals surface area (Å²) in [6, 6.07) is 4.62. The number of rotatable bonds is 1. The van der Waals surface area contributed by atoms with Crippen LogP contribution in [0.4, 0.5) is 4.39 Å². The van der Waals surface area contributed by atoms with Gasteiger partial charge in [0.2, 0.25) is 5.89 Å². The first-order valence-corrected chi connectivity index (χ1v) is 3.89. The van der Waals surface area contributed by atoms with Crippen molar-refractivity contribution in [3.05, 3.63) is 36.5 Å². The molecule has 0 spiro atoms. The van der Waals surface area contributed by atoms with Crippen LogP contribution in [0.3, 0.4) is 0 Å². The van der Waals surface area contributed by atoms with Crippen LogP contribution in [0.2, 0.25) is 0 Å². The molecule has 3 heteroatoms. The molecule has 0 saturated carbocycles. The molecule has 0 aliphatic rings. The van der Waals surface area contributed by atoms with E-state index in [1.807, 2.05) is 0 Å². The van der Waals surface area contributed by atoms with Crippen molar-refractivity contribution in [2.24, 2.45) is 0 Å². The van der Waals surface area contributed by atoms with Crippen LogP contribution >= 0.6 is 0 Å². The largest absolute Gasteiger partial charge is 0.436 e. The second-order valence-corrected chi connectivity index (χ2v) is 2.89. The van der Waals surface area contributed by atoms with E-state index in [1.54, 1.807) is 19.1 Å². The molecule has 2 nitrogen and oxygen atoms in total. The molecule has 66 valence electrons. The molecular formula is C10H8FNO. The van der Waals surface area contributed by atoms with Gasteiger partial charge in [-0.2, -0.15) is 0 Å². The van der Waals surface area contributed by atoms with E-state index in [2.05, 4.69) is 11.6 Å². The maximum absolute atomic E-state index is 13.1. The van der Waals surface area contributed by atoms with Gasteiger partial charge in [0.1, 0.15) is 5.52 Å². The highest BCUT2D eigenvalue weighted by atomic mass is 19.1. The highest BCUT2D eigenvalue weighted by Gasteiger charge is 2.08. The summed E-state index contributed by atoms with van der Waals surface area (Å²) in [5, 5.41) is 0. The molecule has 0 unspecified atom stereocenters. The van der Waals surface area contributed by atoms with Crippen LogP contribution in [0.1, 0.15) is 12.8 Å². The fourth-order valence-corrected chi connectivity index (χ4v) is 1.10. The lowest BCUT2D eigenvalue weighted by molar-refractivity contribution is 0.583. The van der Waals surface area contributed by atoms with Crippen molar-refractivity contribution in [3.8, 4) is 0 Å². The summed E-state index contributed by atoms with van der Waals surface area (Å²) in [4.78, 5) is 3.97. The number of hydrogen-bond donors (Lipinski definition) is 0. The Balaban J connectivity index is 2.75. The van der Waals surface area contributed by atoms with Crippen molar-refractivity contribution >= 4 is 16.7 Å². The van der Waals surface area contributed by atoms with Crippen molar-refractivity contribution < 1.29 is 8.81 Å². The average molecular weight is 177 g/mol. The Hall–Kier alpha value is -1.64. The normalized spacial score (nSPS) is 10.6. The first-order valence-electron chi connectivity index (χ1n) is 3.89. The topological polar surface area (TPSA) is 26.0 Å². The van der Waals surface area contributed by atoms with Crippen LogP contribution in [0.25, 0.3) is 16.7 Å². The quantitative estimate of drug-likeness (QED) is 0.669. The van der Waals surface area contributed by atoms with Crippen LogP contribution in [-0.2, 0) is 0 Å². The molecule has 0 amide bonds. The third-order valence-corrected chi connectivity index (χ3v) is 1.73. The van der Waals surface area contributed by atoms with Crippen LogP contribution in [0.5, 0.6) is 0 Å². The third kappa shape index (κ3) is 1.22. The number of allylic oxidation sites excluding steroid dienone is 1. The summed E-state index contributed by atoms with van der Waals surface area (Å²) in [6.45, 7) is 5.44. The molecule has 2 rings (SSSR count). The Labute approximate surface area is 74.7 Å². The zero-order chi connectivity index (χ0) is 9.42. The number of para-hydroxylation sites is 1. The maximum atomic E-state index is 13.1. The van der Waals surface area contributed by atoms with Gasteiger partial charge in [-0.1, -0.05) is 12.6 Å². The monoisotopic (exact) mass is 177 g/mol. The van der Waals surface area contributed by atoms with Gasteiger partial charge >= 0.3 is 0 Å². The Morgan fingerprint density at radius 1 is 1.54 bits per heavy atom. The Morgan fingerprint density at radius 3 is 2.92 bits per heavy atom. The minimum Gasteiger partial charge on any atom is -0.436 e. The van der Waals surface area contributed by atoms with E-state index >= 15 is 0 Å². The van der Waals surface area contributed by atoms with E-state index in [4.69, 9.17) is 4.42 Å². The van der Waals surface area contributed by atoms with Crippen molar-refractivity contribution in [2.75, 3.05) is 0 Å². The van der Waals surface area contributed by atoms with E-state index in [1.165, 1.54) is 6.07 Å². The van der Waals surface area contributed by atoms with E-state index in [0.29, 0.717) is 17.0 Å². The number of benzene rings is 1. The predicted octanol–water partition coefficient (Wildman–Crippen LogP) is 3.00. The van der Waals surface area contributed by atoms with Gasteiger partial charge < -0.3 is 4.42 Å². The molecule has 0 radical (unpaired) electrons. The zero-order valence-electron chi connectivity index (χ0n) is 7.17. The maximum Gasteiger partial charge on any atom is 0.222 e. The molecular weight excluding hydrogens is 169 g/mol. The van der Waals surface area contributed by atoms with Gasteiger partial charge in [-0.05, 0) is 19.1 Å². The smallest absolute Gasteiger partial charge is 0.222 e. The number of hydrogen-bond acceptors (Lipinski definition) is 2. The van der Waals surface area contributed by atoms with Gasteiger partial charge in [0.25, 0.3) is 0 Å². The van der Waals surface area contributed by atoms with Gasteiger partial charge in [-0.25, -0.2) is 9.37 Å². The first kappa shape index (κ1) is 7.98. The molecule has 0 atom stereocenters. The second-order valence-electron chi connectivity index (χ2n) is 2.89. The summed E-state index contributed by atoms with van der Waals surface area (Å²) < 4.78 is 18.4. The summed E-state index contributed by atoms with van der Waals surface area (Å²) in [5.74, 6) is 0.0221. The summed E-state index contributed by atoms with van der Waals surface area (Å²) in [7, 11) is 0. The van der Waals surface area contributed by atoms with Crippen molar-refractivity contribution in [1.29, 1.82) is 0 Å². The molecule has 1 heterocycles. The fourth-order valence-electron chi connectivity index (χ4n) is 1.10. The molecule has 1 aromatic carbocycles. The summed E-state index contributed by atoms with van der Waals surface area (Å²) in [5.41, 5.74) is 1.41. The number of halogens is 1. The number of aromatic nitrogens is 1. The lowest BCUT2D eigenvalue weighted by Gasteiger charge is -1.85. The average Bonchev–Trinajstić information content (AvgIpc) is 2.49. The zero-order valence-corrected chi connectivity index (χ0v) is 7.17. The second kappa shape index (κ2) is 2.69. The van der Waals surface area contributed by atoms with E-state index < -0.39 is 0 Å². The Kier molecular flexibility index (Phi) is 1.65. The molecule has 1 aromatic heterocycles. The number of fused-ring (bicyclic) bond motifs is 1. The van der Waals surface area contributed by atoms with Crippen molar-refractivity contribution in [3.63, 3.8) is 0 Å². The Bertz CT molecular complexity index is 473. The predicted molar refractivity (Wildman–Crippen MR) is 48.7 cm³/mol. The molecule has 0 aliphatic carbocycles. The van der Waals surface area contributed by atoms with E-state index in [9.17, 15) is 4.39 Å². The molecule has 0 N–H and O–H groups in total. The first-order chi connectivity index (χ1) is 6.18. The Morgan fingerprint density at radius 2 is 2.31 bits per heavy atom. The summed E-state index contributed by atoms with van der Waals surface area (Å²) in [6.07, 6.45) is 0. The highest BCUT2D eigenvalue weighted by Crippen LogP contribution is 2.21. The van der Waals surface area contributed by atoms with Crippen LogP contribution in [-0.4, -0.2) is 4.98 Å². The lowest BCUT2D eigenvalue weighted by atomic mass is 10.3. The molecule has 13 heavy (non-hydrogen) atoms. The van der Waals surface area contributed by atoms with Crippen molar-refractivity contribution in [1.82, 2.24) is 4.98 Å². The van der Waals surface area contributed by atoms with Crippen LogP contribution < -0.4 is 0 Å².